The second kappa shape index (κ2) is 12.0. The molecule has 158 valence electrons. The molecule has 0 aliphatic heterocycles. The molecule has 1 aromatic heterocycles. The molecule has 29 heavy (non-hydrogen) atoms. The van der Waals surface area contributed by atoms with Gasteiger partial charge < -0.3 is 4.74 Å². The number of aryl methyl sites for hydroxylation is 1. The molecule has 1 saturated carbocycles. The third-order valence-electron chi connectivity index (χ3n) is 6.40. The SMILES string of the molecule is CCCCCC1CCCC(CCc2ccc(-c3ccc(OCCC)cc3)nc2)C1. The lowest BCUT2D eigenvalue weighted by molar-refractivity contribution is 0.240. The maximum atomic E-state index is 5.67. The van der Waals surface area contributed by atoms with Crippen molar-refractivity contribution in [3.8, 4) is 17.0 Å². The maximum absolute atomic E-state index is 5.67. The Morgan fingerprint density at radius 2 is 1.69 bits per heavy atom. The fourth-order valence-corrected chi connectivity index (χ4v) is 4.67. The monoisotopic (exact) mass is 393 g/mol. The van der Waals surface area contributed by atoms with Crippen molar-refractivity contribution in [3.63, 3.8) is 0 Å². The van der Waals surface area contributed by atoms with Crippen LogP contribution >= 0.6 is 0 Å². The number of unbranched alkanes of at least 4 members (excludes halogenated alkanes) is 2. The van der Waals surface area contributed by atoms with E-state index >= 15 is 0 Å². The quantitative estimate of drug-likeness (QED) is 0.362. The molecule has 0 radical (unpaired) electrons. The molecular weight excluding hydrogens is 354 g/mol. The minimum Gasteiger partial charge on any atom is -0.494 e. The highest BCUT2D eigenvalue weighted by atomic mass is 16.5. The Hall–Kier alpha value is -1.83. The lowest BCUT2D eigenvalue weighted by atomic mass is 9.77. The van der Waals surface area contributed by atoms with Gasteiger partial charge >= 0.3 is 0 Å². The van der Waals surface area contributed by atoms with Crippen LogP contribution in [0.25, 0.3) is 11.3 Å². The first kappa shape index (κ1) is 21.9. The third kappa shape index (κ3) is 7.17. The molecule has 2 nitrogen and oxygen atoms in total. The molecule has 1 aliphatic rings. The summed E-state index contributed by atoms with van der Waals surface area (Å²) in [5.41, 5.74) is 3.58. The van der Waals surface area contributed by atoms with Crippen LogP contribution in [0.4, 0.5) is 0 Å². The van der Waals surface area contributed by atoms with E-state index in [0.717, 1.165) is 41.9 Å². The summed E-state index contributed by atoms with van der Waals surface area (Å²) in [6.45, 7) is 5.20. The lowest BCUT2D eigenvalue weighted by Gasteiger charge is -2.29. The standard InChI is InChI=1S/C27H39NO/c1-3-5-6-8-22-9-7-10-23(20-22)11-12-24-13-18-27(28-21-24)25-14-16-26(17-15-25)29-19-4-2/h13-18,21-23H,3-12,19-20H2,1-2H3. The van der Waals surface area contributed by atoms with E-state index < -0.39 is 0 Å². The summed E-state index contributed by atoms with van der Waals surface area (Å²) in [5, 5.41) is 0. The van der Waals surface area contributed by atoms with Gasteiger partial charge in [-0.1, -0.05) is 64.9 Å². The van der Waals surface area contributed by atoms with Gasteiger partial charge in [-0.25, -0.2) is 0 Å². The van der Waals surface area contributed by atoms with Crippen molar-refractivity contribution in [2.24, 2.45) is 11.8 Å². The molecule has 1 aliphatic carbocycles. The number of hydrogen-bond donors (Lipinski definition) is 0. The molecule has 3 rings (SSSR count). The van der Waals surface area contributed by atoms with Gasteiger partial charge in [0.15, 0.2) is 0 Å². The van der Waals surface area contributed by atoms with Crippen LogP contribution < -0.4 is 4.74 Å². The Kier molecular flexibility index (Phi) is 9.05. The largest absolute Gasteiger partial charge is 0.494 e. The second-order valence-electron chi connectivity index (χ2n) is 8.86. The molecule has 2 unspecified atom stereocenters. The summed E-state index contributed by atoms with van der Waals surface area (Å²) in [6, 6.07) is 12.7. The number of ether oxygens (including phenoxy) is 1. The third-order valence-corrected chi connectivity index (χ3v) is 6.40. The van der Waals surface area contributed by atoms with Crippen LogP contribution in [0.3, 0.4) is 0 Å². The number of hydrogen-bond acceptors (Lipinski definition) is 2. The molecule has 1 heterocycles. The van der Waals surface area contributed by atoms with E-state index in [1.54, 1.807) is 0 Å². The van der Waals surface area contributed by atoms with Crippen LogP contribution in [0.1, 0.15) is 83.6 Å². The normalized spacial score (nSPS) is 19.2. The maximum Gasteiger partial charge on any atom is 0.119 e. The number of aromatic nitrogens is 1. The van der Waals surface area contributed by atoms with Crippen LogP contribution in [0.2, 0.25) is 0 Å². The van der Waals surface area contributed by atoms with E-state index in [0.29, 0.717) is 0 Å². The highest BCUT2D eigenvalue weighted by molar-refractivity contribution is 5.60. The predicted molar refractivity (Wildman–Crippen MR) is 123 cm³/mol. The Morgan fingerprint density at radius 1 is 0.897 bits per heavy atom. The van der Waals surface area contributed by atoms with Crippen LogP contribution in [0.15, 0.2) is 42.6 Å². The van der Waals surface area contributed by atoms with Crippen LogP contribution in [-0.4, -0.2) is 11.6 Å². The van der Waals surface area contributed by atoms with Crippen molar-refractivity contribution >= 4 is 0 Å². The molecule has 1 aromatic carbocycles. The van der Waals surface area contributed by atoms with Gasteiger partial charge in [-0.3, -0.25) is 4.98 Å². The fraction of sp³-hybridized carbons (Fsp3) is 0.593. The van der Waals surface area contributed by atoms with Gasteiger partial charge in [0.1, 0.15) is 5.75 Å². The van der Waals surface area contributed by atoms with Gasteiger partial charge in [-0.15, -0.1) is 0 Å². The zero-order valence-electron chi connectivity index (χ0n) is 18.5. The van der Waals surface area contributed by atoms with E-state index in [1.165, 1.54) is 69.8 Å². The molecule has 0 bridgehead atoms. The Bertz CT molecular complexity index is 691. The second-order valence-corrected chi connectivity index (χ2v) is 8.86. The van der Waals surface area contributed by atoms with Crippen LogP contribution in [0, 0.1) is 11.8 Å². The van der Waals surface area contributed by atoms with E-state index in [1.807, 2.05) is 12.1 Å². The molecule has 2 atom stereocenters. The van der Waals surface area contributed by atoms with E-state index in [4.69, 9.17) is 9.72 Å². The van der Waals surface area contributed by atoms with Crippen molar-refractivity contribution in [2.75, 3.05) is 6.61 Å². The first-order chi connectivity index (χ1) is 14.3. The van der Waals surface area contributed by atoms with Crippen molar-refractivity contribution in [1.82, 2.24) is 4.98 Å². The average Bonchev–Trinajstić information content (AvgIpc) is 2.77. The number of pyridine rings is 1. The number of nitrogens with zero attached hydrogens (tertiary/aromatic N) is 1. The highest BCUT2D eigenvalue weighted by Crippen LogP contribution is 2.34. The van der Waals surface area contributed by atoms with Crippen molar-refractivity contribution in [1.29, 1.82) is 0 Å². The lowest BCUT2D eigenvalue weighted by Crippen LogP contribution is -2.16. The summed E-state index contributed by atoms with van der Waals surface area (Å²) in [5.74, 6) is 2.85. The highest BCUT2D eigenvalue weighted by Gasteiger charge is 2.21. The zero-order chi connectivity index (χ0) is 20.3. The first-order valence-corrected chi connectivity index (χ1v) is 12.0. The van der Waals surface area contributed by atoms with Gasteiger partial charge in [-0.2, -0.15) is 0 Å². The molecule has 0 N–H and O–H groups in total. The summed E-state index contributed by atoms with van der Waals surface area (Å²) >= 11 is 0. The predicted octanol–water partition coefficient (Wildman–Crippen LogP) is 7.86. The summed E-state index contributed by atoms with van der Waals surface area (Å²) in [6.07, 6.45) is 17.1. The van der Waals surface area contributed by atoms with Crippen molar-refractivity contribution in [2.45, 2.75) is 84.5 Å². The van der Waals surface area contributed by atoms with Crippen molar-refractivity contribution < 1.29 is 4.74 Å². The van der Waals surface area contributed by atoms with Crippen molar-refractivity contribution in [3.05, 3.63) is 48.2 Å². The molecule has 0 amide bonds. The van der Waals surface area contributed by atoms with E-state index in [2.05, 4.69) is 44.3 Å². The van der Waals surface area contributed by atoms with Gasteiger partial charge in [0, 0.05) is 11.8 Å². The molecule has 0 saturated heterocycles. The molecular formula is C27H39NO. The minimum atomic E-state index is 0.771. The smallest absolute Gasteiger partial charge is 0.119 e. The van der Waals surface area contributed by atoms with E-state index in [-0.39, 0.29) is 0 Å². The van der Waals surface area contributed by atoms with Gasteiger partial charge in [-0.05, 0) is 73.4 Å². The summed E-state index contributed by atoms with van der Waals surface area (Å²) in [7, 11) is 0. The van der Waals surface area contributed by atoms with E-state index in [9.17, 15) is 0 Å². The zero-order valence-corrected chi connectivity index (χ0v) is 18.5. The summed E-state index contributed by atoms with van der Waals surface area (Å²) < 4.78 is 5.67. The molecule has 1 fully saturated rings. The van der Waals surface area contributed by atoms with Crippen LogP contribution in [-0.2, 0) is 6.42 Å². The number of benzene rings is 1. The minimum absolute atomic E-state index is 0.771. The van der Waals surface area contributed by atoms with Gasteiger partial charge in [0.25, 0.3) is 0 Å². The molecule has 2 aromatic rings. The Balaban J connectivity index is 1.46. The fourth-order valence-electron chi connectivity index (χ4n) is 4.67. The number of rotatable bonds is 11. The summed E-state index contributed by atoms with van der Waals surface area (Å²) in [4.78, 5) is 4.73. The topological polar surface area (TPSA) is 22.1 Å². The van der Waals surface area contributed by atoms with Crippen LogP contribution in [0.5, 0.6) is 5.75 Å². The Labute approximate surface area is 178 Å². The molecule has 0 spiro atoms. The molecule has 2 heteroatoms. The van der Waals surface area contributed by atoms with Gasteiger partial charge in [0.05, 0.1) is 12.3 Å². The first-order valence-electron chi connectivity index (χ1n) is 12.0. The Morgan fingerprint density at radius 3 is 2.38 bits per heavy atom. The average molecular weight is 394 g/mol. The van der Waals surface area contributed by atoms with Gasteiger partial charge in [0.2, 0.25) is 0 Å².